The van der Waals surface area contributed by atoms with Crippen LogP contribution in [0.1, 0.15) is 12.8 Å². The second-order valence-electron chi connectivity index (χ2n) is 5.31. The van der Waals surface area contributed by atoms with Crippen molar-refractivity contribution in [2.45, 2.75) is 12.8 Å². The minimum atomic E-state index is 0.365. The predicted molar refractivity (Wildman–Crippen MR) is 75.7 cm³/mol. The smallest absolute Gasteiger partial charge is 0.189 e. The van der Waals surface area contributed by atoms with Gasteiger partial charge in [0.15, 0.2) is 6.79 Å². The Bertz CT molecular complexity index is 384. The van der Waals surface area contributed by atoms with Crippen LogP contribution in [0.15, 0.2) is 24.3 Å². The van der Waals surface area contributed by atoms with Crippen molar-refractivity contribution in [2.75, 3.05) is 44.5 Å². The molecule has 2 fully saturated rings. The van der Waals surface area contributed by atoms with E-state index in [-0.39, 0.29) is 0 Å². The minimum Gasteiger partial charge on any atom is -0.468 e. The van der Waals surface area contributed by atoms with Crippen LogP contribution in [0.25, 0.3) is 0 Å². The van der Waals surface area contributed by atoms with Gasteiger partial charge in [-0.05, 0) is 43.0 Å². The van der Waals surface area contributed by atoms with Crippen molar-refractivity contribution in [1.29, 1.82) is 0 Å². The molecule has 0 spiro atoms. The number of benzene rings is 1. The van der Waals surface area contributed by atoms with Gasteiger partial charge in [-0.2, -0.15) is 0 Å². The molecule has 1 heterocycles. The molecule has 104 valence electrons. The lowest BCUT2D eigenvalue weighted by Gasteiger charge is -2.29. The number of anilines is 1. The van der Waals surface area contributed by atoms with Crippen LogP contribution in [-0.2, 0) is 4.74 Å². The SMILES string of the molecule is c1cc(N2CCNCC2)ccc1OCOCC1CC1. The summed E-state index contributed by atoms with van der Waals surface area (Å²) in [5.41, 5.74) is 1.27. The molecule has 1 aliphatic carbocycles. The molecule has 0 bridgehead atoms. The maximum atomic E-state index is 5.57. The van der Waals surface area contributed by atoms with Crippen LogP contribution in [0.2, 0.25) is 0 Å². The standard InChI is InChI=1S/C15H22N2O2/c1-2-13(1)11-18-12-19-15-5-3-14(4-6-15)17-9-7-16-8-10-17/h3-6,13,16H,1-2,7-12H2. The molecule has 19 heavy (non-hydrogen) atoms. The van der Waals surface area contributed by atoms with Gasteiger partial charge in [0.2, 0.25) is 0 Å². The van der Waals surface area contributed by atoms with E-state index in [9.17, 15) is 0 Å². The molecule has 1 aromatic rings. The van der Waals surface area contributed by atoms with E-state index >= 15 is 0 Å². The van der Waals surface area contributed by atoms with Crippen molar-refractivity contribution in [2.24, 2.45) is 5.92 Å². The predicted octanol–water partition coefficient (Wildman–Crippen LogP) is 1.86. The van der Waals surface area contributed by atoms with E-state index in [0.29, 0.717) is 6.79 Å². The molecule has 0 aromatic heterocycles. The van der Waals surface area contributed by atoms with Crippen LogP contribution in [0.3, 0.4) is 0 Å². The Kier molecular flexibility index (Phi) is 4.20. The van der Waals surface area contributed by atoms with Gasteiger partial charge in [-0.1, -0.05) is 0 Å². The highest BCUT2D eigenvalue weighted by molar-refractivity contribution is 5.49. The molecule has 1 N–H and O–H groups in total. The summed E-state index contributed by atoms with van der Waals surface area (Å²) < 4.78 is 11.0. The average Bonchev–Trinajstić information content (AvgIpc) is 3.29. The van der Waals surface area contributed by atoms with Crippen LogP contribution in [0, 0.1) is 5.92 Å². The molecule has 1 aliphatic heterocycles. The molecule has 1 saturated heterocycles. The molecule has 2 aliphatic rings. The fraction of sp³-hybridized carbons (Fsp3) is 0.600. The Labute approximate surface area is 114 Å². The van der Waals surface area contributed by atoms with Gasteiger partial charge in [-0.15, -0.1) is 0 Å². The largest absolute Gasteiger partial charge is 0.468 e. The topological polar surface area (TPSA) is 33.7 Å². The fourth-order valence-corrected chi connectivity index (χ4v) is 2.29. The lowest BCUT2D eigenvalue weighted by molar-refractivity contribution is 0.00999. The molecule has 0 unspecified atom stereocenters. The maximum Gasteiger partial charge on any atom is 0.189 e. The third-order valence-corrected chi connectivity index (χ3v) is 3.68. The van der Waals surface area contributed by atoms with Crippen molar-refractivity contribution in [3.8, 4) is 5.75 Å². The highest BCUT2D eigenvalue weighted by atomic mass is 16.7. The molecule has 4 heteroatoms. The van der Waals surface area contributed by atoms with Gasteiger partial charge in [0.05, 0.1) is 6.61 Å². The molecule has 0 atom stereocenters. The summed E-state index contributed by atoms with van der Waals surface area (Å²) in [7, 11) is 0. The summed E-state index contributed by atoms with van der Waals surface area (Å²) in [5, 5.41) is 3.36. The number of hydrogen-bond donors (Lipinski definition) is 1. The molecule has 4 nitrogen and oxygen atoms in total. The zero-order valence-corrected chi connectivity index (χ0v) is 11.3. The fourth-order valence-electron chi connectivity index (χ4n) is 2.29. The summed E-state index contributed by atoms with van der Waals surface area (Å²) in [6.45, 7) is 5.48. The summed E-state index contributed by atoms with van der Waals surface area (Å²) in [6.07, 6.45) is 2.64. The first-order chi connectivity index (χ1) is 9.42. The van der Waals surface area contributed by atoms with Crippen LogP contribution in [0.4, 0.5) is 5.69 Å². The minimum absolute atomic E-state index is 0.365. The van der Waals surface area contributed by atoms with Gasteiger partial charge in [0.1, 0.15) is 5.75 Å². The van der Waals surface area contributed by atoms with E-state index in [2.05, 4.69) is 22.3 Å². The van der Waals surface area contributed by atoms with Gasteiger partial charge in [0.25, 0.3) is 0 Å². The van der Waals surface area contributed by atoms with Crippen LogP contribution in [0.5, 0.6) is 5.75 Å². The summed E-state index contributed by atoms with van der Waals surface area (Å²) >= 11 is 0. The van der Waals surface area contributed by atoms with Crippen molar-refractivity contribution >= 4 is 5.69 Å². The van der Waals surface area contributed by atoms with E-state index < -0.39 is 0 Å². The molecular weight excluding hydrogens is 240 g/mol. The number of nitrogens with zero attached hydrogens (tertiary/aromatic N) is 1. The van der Waals surface area contributed by atoms with Gasteiger partial charge in [-0.3, -0.25) is 0 Å². The number of nitrogens with one attached hydrogen (secondary N) is 1. The summed E-state index contributed by atoms with van der Waals surface area (Å²) in [4.78, 5) is 2.39. The number of rotatable bonds is 6. The highest BCUT2D eigenvalue weighted by Crippen LogP contribution is 2.28. The van der Waals surface area contributed by atoms with E-state index in [1.165, 1.54) is 18.5 Å². The Hall–Kier alpha value is -1.26. The van der Waals surface area contributed by atoms with Crippen LogP contribution < -0.4 is 15.0 Å². The molecule has 1 saturated carbocycles. The van der Waals surface area contributed by atoms with Gasteiger partial charge in [-0.25, -0.2) is 0 Å². The van der Waals surface area contributed by atoms with E-state index in [0.717, 1.165) is 44.5 Å². The third kappa shape index (κ3) is 3.85. The Balaban J connectivity index is 1.44. The summed E-state index contributed by atoms with van der Waals surface area (Å²) in [6, 6.07) is 8.30. The molecule has 0 radical (unpaired) electrons. The van der Waals surface area contributed by atoms with Gasteiger partial charge in [0, 0.05) is 31.9 Å². The second-order valence-corrected chi connectivity index (χ2v) is 5.31. The Morgan fingerprint density at radius 1 is 1.11 bits per heavy atom. The number of ether oxygens (including phenoxy) is 2. The Morgan fingerprint density at radius 2 is 1.84 bits per heavy atom. The average molecular weight is 262 g/mol. The third-order valence-electron chi connectivity index (χ3n) is 3.68. The van der Waals surface area contributed by atoms with E-state index in [1.807, 2.05) is 12.1 Å². The molecule has 1 aromatic carbocycles. The lowest BCUT2D eigenvalue weighted by Crippen LogP contribution is -2.43. The number of hydrogen-bond acceptors (Lipinski definition) is 4. The van der Waals surface area contributed by atoms with Crippen LogP contribution >= 0.6 is 0 Å². The molecule has 0 amide bonds. The maximum absolute atomic E-state index is 5.57. The van der Waals surface area contributed by atoms with Crippen molar-refractivity contribution in [3.05, 3.63) is 24.3 Å². The zero-order chi connectivity index (χ0) is 12.9. The molecular formula is C15H22N2O2. The summed E-state index contributed by atoms with van der Waals surface area (Å²) in [5.74, 6) is 1.67. The first-order valence-electron chi connectivity index (χ1n) is 7.18. The lowest BCUT2D eigenvalue weighted by atomic mass is 10.2. The van der Waals surface area contributed by atoms with E-state index in [1.54, 1.807) is 0 Å². The zero-order valence-electron chi connectivity index (χ0n) is 11.3. The van der Waals surface area contributed by atoms with Crippen molar-refractivity contribution in [1.82, 2.24) is 5.32 Å². The van der Waals surface area contributed by atoms with Crippen molar-refractivity contribution in [3.63, 3.8) is 0 Å². The van der Waals surface area contributed by atoms with Crippen molar-refractivity contribution < 1.29 is 9.47 Å². The Morgan fingerprint density at radius 3 is 2.53 bits per heavy atom. The highest BCUT2D eigenvalue weighted by Gasteiger charge is 2.21. The first kappa shape index (κ1) is 12.8. The van der Waals surface area contributed by atoms with E-state index in [4.69, 9.17) is 9.47 Å². The first-order valence-corrected chi connectivity index (χ1v) is 7.18. The van der Waals surface area contributed by atoms with Gasteiger partial charge >= 0.3 is 0 Å². The van der Waals surface area contributed by atoms with Gasteiger partial charge < -0.3 is 19.7 Å². The molecule has 3 rings (SSSR count). The number of piperazine rings is 1. The van der Waals surface area contributed by atoms with Crippen LogP contribution in [-0.4, -0.2) is 39.6 Å². The normalized spacial score (nSPS) is 19.5. The quantitative estimate of drug-likeness (QED) is 0.627. The monoisotopic (exact) mass is 262 g/mol. The second kappa shape index (κ2) is 6.26.